The monoisotopic (exact) mass is 396 g/mol. The van der Waals surface area contributed by atoms with Crippen LogP contribution in [0.2, 0.25) is 0 Å². The van der Waals surface area contributed by atoms with Gasteiger partial charge < -0.3 is 11.1 Å². The molecule has 0 heterocycles. The lowest BCUT2D eigenvalue weighted by molar-refractivity contribution is 0.100. The van der Waals surface area contributed by atoms with Crippen LogP contribution in [0.1, 0.15) is 20.7 Å². The van der Waals surface area contributed by atoms with Crippen molar-refractivity contribution >= 4 is 49.4 Å². The fourth-order valence-corrected chi connectivity index (χ4v) is 2.90. The number of primary amides is 1. The summed E-state index contributed by atoms with van der Waals surface area (Å²) < 4.78 is 1.51. The van der Waals surface area contributed by atoms with E-state index in [0.717, 1.165) is 4.47 Å². The molecular weight excluding hydrogens is 388 g/mol. The Balaban J connectivity index is 2.30. The maximum Gasteiger partial charge on any atom is 0.256 e. The number of nitrogens with one attached hydrogen (secondary N) is 1. The fraction of sp³-hybridized carbons (Fsp3) is 0. The highest BCUT2D eigenvalue weighted by molar-refractivity contribution is 9.11. The van der Waals surface area contributed by atoms with Gasteiger partial charge in [-0.25, -0.2) is 0 Å². The van der Waals surface area contributed by atoms with Gasteiger partial charge in [0.05, 0.1) is 16.8 Å². The van der Waals surface area contributed by atoms with Crippen LogP contribution in [0, 0.1) is 0 Å². The van der Waals surface area contributed by atoms with Crippen molar-refractivity contribution in [3.63, 3.8) is 0 Å². The predicted octanol–water partition coefficient (Wildman–Crippen LogP) is 3.56. The largest absolute Gasteiger partial charge is 0.366 e. The summed E-state index contributed by atoms with van der Waals surface area (Å²) in [5.41, 5.74) is 6.40. The molecule has 102 valence electrons. The molecule has 6 heteroatoms. The Bertz CT molecular complexity index is 687. The molecule has 0 aliphatic carbocycles. The molecule has 0 bridgehead atoms. The van der Waals surface area contributed by atoms with Gasteiger partial charge in [-0.2, -0.15) is 0 Å². The van der Waals surface area contributed by atoms with E-state index < -0.39 is 5.91 Å². The first-order valence-electron chi connectivity index (χ1n) is 5.64. The van der Waals surface area contributed by atoms with Crippen molar-refractivity contribution < 1.29 is 9.59 Å². The number of halogens is 2. The van der Waals surface area contributed by atoms with Crippen molar-refractivity contribution in [1.29, 1.82) is 0 Å². The van der Waals surface area contributed by atoms with Gasteiger partial charge in [0.1, 0.15) is 0 Å². The molecule has 0 aliphatic rings. The first kappa shape index (κ1) is 14.7. The van der Waals surface area contributed by atoms with Crippen molar-refractivity contribution in [3.8, 4) is 0 Å². The molecule has 0 aliphatic heterocycles. The molecule has 0 radical (unpaired) electrons. The van der Waals surface area contributed by atoms with Crippen molar-refractivity contribution in [3.05, 3.63) is 62.5 Å². The molecule has 20 heavy (non-hydrogen) atoms. The average molecular weight is 398 g/mol. The van der Waals surface area contributed by atoms with Crippen molar-refractivity contribution in [2.75, 3.05) is 5.32 Å². The second kappa shape index (κ2) is 6.19. The van der Waals surface area contributed by atoms with Gasteiger partial charge >= 0.3 is 0 Å². The van der Waals surface area contributed by atoms with E-state index in [0.29, 0.717) is 15.7 Å². The molecular formula is C14H10Br2N2O2. The molecule has 0 saturated carbocycles. The van der Waals surface area contributed by atoms with Crippen LogP contribution in [0.5, 0.6) is 0 Å². The van der Waals surface area contributed by atoms with E-state index in [2.05, 4.69) is 37.2 Å². The van der Waals surface area contributed by atoms with Gasteiger partial charge in [-0.05, 0) is 46.3 Å². The van der Waals surface area contributed by atoms with Crippen LogP contribution < -0.4 is 11.1 Å². The van der Waals surface area contributed by atoms with E-state index >= 15 is 0 Å². The van der Waals surface area contributed by atoms with Crippen LogP contribution in [0.25, 0.3) is 0 Å². The summed E-state index contributed by atoms with van der Waals surface area (Å²) in [5, 5.41) is 2.68. The zero-order chi connectivity index (χ0) is 14.7. The molecule has 3 N–H and O–H groups in total. The number of carbonyl (C=O) groups is 2. The normalized spacial score (nSPS) is 10.1. The van der Waals surface area contributed by atoms with Crippen LogP contribution in [0.4, 0.5) is 5.69 Å². The molecule has 0 fully saturated rings. The van der Waals surface area contributed by atoms with Crippen molar-refractivity contribution in [1.82, 2.24) is 0 Å². The zero-order valence-electron chi connectivity index (χ0n) is 10.2. The lowest BCUT2D eigenvalue weighted by atomic mass is 10.1. The summed E-state index contributed by atoms with van der Waals surface area (Å²) in [4.78, 5) is 23.5. The third-order valence-electron chi connectivity index (χ3n) is 2.62. The van der Waals surface area contributed by atoms with Crippen LogP contribution >= 0.6 is 31.9 Å². The molecule has 0 atom stereocenters. The van der Waals surface area contributed by atoms with E-state index in [4.69, 9.17) is 5.73 Å². The Morgan fingerprint density at radius 3 is 2.35 bits per heavy atom. The Morgan fingerprint density at radius 1 is 1.00 bits per heavy atom. The highest BCUT2D eigenvalue weighted by atomic mass is 79.9. The number of rotatable bonds is 3. The van der Waals surface area contributed by atoms with Crippen LogP contribution in [0.15, 0.2) is 51.4 Å². The Morgan fingerprint density at radius 2 is 1.70 bits per heavy atom. The maximum atomic E-state index is 12.2. The summed E-state index contributed by atoms with van der Waals surface area (Å²) in [7, 11) is 0. The molecule has 2 amide bonds. The number of carbonyl (C=O) groups excluding carboxylic acids is 2. The van der Waals surface area contributed by atoms with E-state index in [1.165, 1.54) is 0 Å². The highest BCUT2D eigenvalue weighted by Crippen LogP contribution is 2.23. The number of amides is 2. The molecule has 2 aromatic carbocycles. The molecule has 2 rings (SSSR count). The van der Waals surface area contributed by atoms with Gasteiger partial charge in [-0.3, -0.25) is 9.59 Å². The van der Waals surface area contributed by atoms with E-state index in [-0.39, 0.29) is 11.5 Å². The topological polar surface area (TPSA) is 72.2 Å². The zero-order valence-corrected chi connectivity index (χ0v) is 13.4. The minimum Gasteiger partial charge on any atom is -0.366 e. The maximum absolute atomic E-state index is 12.2. The van der Waals surface area contributed by atoms with Crippen molar-refractivity contribution in [2.45, 2.75) is 0 Å². The molecule has 0 unspecified atom stereocenters. The SMILES string of the molecule is NC(=O)c1ccccc1NC(=O)c1ccc(Br)cc1Br. The summed E-state index contributed by atoms with van der Waals surface area (Å²) >= 11 is 6.65. The number of hydrogen-bond donors (Lipinski definition) is 2. The van der Waals surface area contributed by atoms with Gasteiger partial charge in [-0.15, -0.1) is 0 Å². The minimum absolute atomic E-state index is 0.272. The van der Waals surface area contributed by atoms with Gasteiger partial charge in [0.2, 0.25) is 0 Å². The number of para-hydroxylation sites is 1. The quantitative estimate of drug-likeness (QED) is 0.830. The van der Waals surface area contributed by atoms with Gasteiger partial charge in [0.25, 0.3) is 11.8 Å². The molecule has 4 nitrogen and oxygen atoms in total. The first-order valence-corrected chi connectivity index (χ1v) is 7.23. The first-order chi connectivity index (χ1) is 9.49. The Kier molecular flexibility index (Phi) is 4.57. The smallest absolute Gasteiger partial charge is 0.256 e. The van der Waals surface area contributed by atoms with Crippen LogP contribution in [-0.2, 0) is 0 Å². The minimum atomic E-state index is -0.587. The molecule has 0 aromatic heterocycles. The molecule has 0 spiro atoms. The summed E-state index contributed by atoms with van der Waals surface area (Å²) in [6.07, 6.45) is 0. The number of nitrogens with two attached hydrogens (primary N) is 1. The highest BCUT2D eigenvalue weighted by Gasteiger charge is 2.14. The second-order valence-corrected chi connectivity index (χ2v) is 5.76. The predicted molar refractivity (Wildman–Crippen MR) is 84.8 cm³/mol. The summed E-state index contributed by atoms with van der Waals surface area (Å²) in [5.74, 6) is -0.908. The molecule has 2 aromatic rings. The summed E-state index contributed by atoms with van der Waals surface area (Å²) in [6, 6.07) is 11.8. The van der Waals surface area contributed by atoms with E-state index in [1.807, 2.05) is 0 Å². The number of hydrogen-bond acceptors (Lipinski definition) is 2. The van der Waals surface area contributed by atoms with Gasteiger partial charge in [-0.1, -0.05) is 28.1 Å². The fourth-order valence-electron chi connectivity index (χ4n) is 1.67. The molecule has 0 saturated heterocycles. The third-order valence-corrected chi connectivity index (χ3v) is 3.77. The van der Waals surface area contributed by atoms with Gasteiger partial charge in [0.15, 0.2) is 0 Å². The summed E-state index contributed by atoms with van der Waals surface area (Å²) in [6.45, 7) is 0. The second-order valence-electron chi connectivity index (χ2n) is 3.99. The number of anilines is 1. The van der Waals surface area contributed by atoms with E-state index in [9.17, 15) is 9.59 Å². The van der Waals surface area contributed by atoms with Crippen molar-refractivity contribution in [2.24, 2.45) is 5.73 Å². The average Bonchev–Trinajstić information content (AvgIpc) is 2.38. The van der Waals surface area contributed by atoms with Crippen LogP contribution in [0.3, 0.4) is 0 Å². The standard InChI is InChI=1S/C14H10Br2N2O2/c15-8-5-6-9(11(16)7-8)14(20)18-12-4-2-1-3-10(12)13(17)19/h1-7H,(H2,17,19)(H,18,20). The number of benzene rings is 2. The Labute approximate surface area is 132 Å². The third kappa shape index (κ3) is 3.26. The lowest BCUT2D eigenvalue weighted by Gasteiger charge is -2.10. The van der Waals surface area contributed by atoms with Crippen LogP contribution in [-0.4, -0.2) is 11.8 Å². The lowest BCUT2D eigenvalue weighted by Crippen LogP contribution is -2.18. The Hall–Kier alpha value is -1.66. The van der Waals surface area contributed by atoms with Gasteiger partial charge in [0, 0.05) is 8.95 Å². The van der Waals surface area contributed by atoms with E-state index in [1.54, 1.807) is 42.5 Å².